The van der Waals surface area contributed by atoms with Gasteiger partial charge in [-0.2, -0.15) is 4.98 Å². The van der Waals surface area contributed by atoms with Gasteiger partial charge in [0.15, 0.2) is 0 Å². The Bertz CT molecular complexity index is 1150. The Morgan fingerprint density at radius 3 is 2.47 bits per heavy atom. The van der Waals surface area contributed by atoms with E-state index in [1.807, 2.05) is 61.2 Å². The first-order valence-electron chi connectivity index (χ1n) is 11.7. The summed E-state index contributed by atoms with van der Waals surface area (Å²) in [7, 11) is 0. The molecule has 0 spiro atoms. The Morgan fingerprint density at radius 1 is 1.06 bits per heavy atom. The number of pyridine rings is 1. The second-order valence-electron chi connectivity index (χ2n) is 9.07. The van der Waals surface area contributed by atoms with Crippen LogP contribution in [0.25, 0.3) is 11.4 Å². The summed E-state index contributed by atoms with van der Waals surface area (Å²) in [5, 5.41) is 4.04. The number of aromatic nitrogens is 3. The number of carbonyl (C=O) groups excluding carboxylic acids is 2. The Hall–Kier alpha value is -3.75. The lowest BCUT2D eigenvalue weighted by Gasteiger charge is -2.36. The summed E-state index contributed by atoms with van der Waals surface area (Å²) in [5.41, 5.74) is 1.66. The monoisotopic (exact) mass is 460 g/mol. The van der Waals surface area contributed by atoms with Crippen molar-refractivity contribution < 1.29 is 14.1 Å². The van der Waals surface area contributed by atoms with Gasteiger partial charge in [0.1, 0.15) is 5.82 Å². The molecule has 0 aliphatic carbocycles. The third kappa shape index (κ3) is 4.37. The summed E-state index contributed by atoms with van der Waals surface area (Å²) < 4.78 is 5.28. The number of amides is 2. The van der Waals surface area contributed by atoms with Gasteiger partial charge in [-0.3, -0.25) is 9.59 Å². The van der Waals surface area contributed by atoms with Gasteiger partial charge in [-0.25, -0.2) is 4.98 Å². The SMILES string of the molecule is CC(C)c1nc(-c2ccc(N3CCN(C(=O)C4CC(=O)N(c5ccccc5)C4)CC3)nc2)no1. The minimum absolute atomic E-state index is 0.00888. The van der Waals surface area contributed by atoms with E-state index in [2.05, 4.69) is 20.0 Å². The minimum atomic E-state index is -0.289. The van der Waals surface area contributed by atoms with Gasteiger partial charge in [-0.1, -0.05) is 37.2 Å². The molecule has 2 aliphatic heterocycles. The Kier molecular flexibility index (Phi) is 6.00. The lowest BCUT2D eigenvalue weighted by atomic mass is 10.1. The van der Waals surface area contributed by atoms with Crippen LogP contribution >= 0.6 is 0 Å². The van der Waals surface area contributed by atoms with E-state index in [1.165, 1.54) is 0 Å². The zero-order valence-electron chi connectivity index (χ0n) is 19.4. The molecule has 9 heteroatoms. The van der Waals surface area contributed by atoms with Gasteiger partial charge in [-0.05, 0) is 24.3 Å². The molecule has 0 saturated carbocycles. The molecule has 2 aliphatic rings. The van der Waals surface area contributed by atoms with E-state index in [0.717, 1.165) is 17.1 Å². The van der Waals surface area contributed by atoms with Crippen molar-refractivity contribution in [2.45, 2.75) is 26.2 Å². The molecular formula is C25H28N6O3. The highest BCUT2D eigenvalue weighted by Gasteiger charge is 2.38. The van der Waals surface area contributed by atoms with E-state index in [4.69, 9.17) is 4.52 Å². The highest BCUT2D eigenvalue weighted by atomic mass is 16.5. The number of rotatable bonds is 5. The Morgan fingerprint density at radius 2 is 1.82 bits per heavy atom. The van der Waals surface area contributed by atoms with Crippen molar-refractivity contribution in [2.75, 3.05) is 42.5 Å². The topological polar surface area (TPSA) is 95.7 Å². The fourth-order valence-corrected chi connectivity index (χ4v) is 4.44. The highest BCUT2D eigenvalue weighted by Crippen LogP contribution is 2.27. The van der Waals surface area contributed by atoms with Gasteiger partial charge in [0.25, 0.3) is 0 Å². The summed E-state index contributed by atoms with van der Waals surface area (Å²) in [4.78, 5) is 40.4. The highest BCUT2D eigenvalue weighted by molar-refractivity contribution is 6.00. The van der Waals surface area contributed by atoms with Crippen molar-refractivity contribution in [3.05, 3.63) is 54.6 Å². The zero-order valence-corrected chi connectivity index (χ0v) is 19.4. The molecule has 0 bridgehead atoms. The largest absolute Gasteiger partial charge is 0.353 e. The van der Waals surface area contributed by atoms with E-state index in [-0.39, 0.29) is 30.1 Å². The quantitative estimate of drug-likeness (QED) is 0.578. The molecule has 4 heterocycles. The van der Waals surface area contributed by atoms with Gasteiger partial charge in [0.05, 0.1) is 5.92 Å². The third-order valence-corrected chi connectivity index (χ3v) is 6.40. The number of hydrogen-bond donors (Lipinski definition) is 0. The van der Waals surface area contributed by atoms with Gasteiger partial charge in [0, 0.05) is 62.5 Å². The van der Waals surface area contributed by atoms with Crippen LogP contribution in [0, 0.1) is 5.92 Å². The van der Waals surface area contributed by atoms with Crippen molar-refractivity contribution in [1.29, 1.82) is 0 Å². The molecule has 0 N–H and O–H groups in total. The third-order valence-electron chi connectivity index (χ3n) is 6.40. The molecule has 1 atom stereocenters. The smallest absolute Gasteiger partial charge is 0.229 e. The summed E-state index contributed by atoms with van der Waals surface area (Å²) in [6.07, 6.45) is 2.02. The number of para-hydroxylation sites is 1. The number of piperazine rings is 1. The maximum absolute atomic E-state index is 13.1. The van der Waals surface area contributed by atoms with Crippen LogP contribution in [0.15, 0.2) is 53.2 Å². The normalized spacial score (nSPS) is 18.7. The maximum atomic E-state index is 13.1. The molecular weight excluding hydrogens is 432 g/mol. The zero-order chi connectivity index (χ0) is 23.7. The van der Waals surface area contributed by atoms with Crippen LogP contribution in [0.4, 0.5) is 11.5 Å². The van der Waals surface area contributed by atoms with E-state index >= 15 is 0 Å². The molecule has 1 aromatic carbocycles. The van der Waals surface area contributed by atoms with Crippen LogP contribution in [0.5, 0.6) is 0 Å². The molecule has 2 aromatic heterocycles. The van der Waals surface area contributed by atoms with E-state index in [0.29, 0.717) is 44.4 Å². The van der Waals surface area contributed by atoms with Gasteiger partial charge in [-0.15, -0.1) is 0 Å². The van der Waals surface area contributed by atoms with Crippen LogP contribution < -0.4 is 9.80 Å². The lowest BCUT2D eigenvalue weighted by Crippen LogP contribution is -2.51. The van der Waals surface area contributed by atoms with Gasteiger partial charge >= 0.3 is 0 Å². The predicted molar refractivity (Wildman–Crippen MR) is 127 cm³/mol. The summed E-state index contributed by atoms with van der Waals surface area (Å²) >= 11 is 0. The second kappa shape index (κ2) is 9.24. The Balaban J connectivity index is 1.17. The molecule has 1 unspecified atom stereocenters. The second-order valence-corrected chi connectivity index (χ2v) is 9.07. The molecule has 3 aromatic rings. The fraction of sp³-hybridized carbons (Fsp3) is 0.400. The van der Waals surface area contributed by atoms with Crippen LogP contribution in [0.3, 0.4) is 0 Å². The molecule has 5 rings (SSSR count). The van der Waals surface area contributed by atoms with Crippen molar-refractivity contribution in [2.24, 2.45) is 5.92 Å². The molecule has 2 fully saturated rings. The van der Waals surface area contributed by atoms with Gasteiger partial charge in [0.2, 0.25) is 23.5 Å². The molecule has 9 nitrogen and oxygen atoms in total. The van der Waals surface area contributed by atoms with Crippen molar-refractivity contribution in [3.63, 3.8) is 0 Å². The number of carbonyl (C=O) groups is 2. The van der Waals surface area contributed by atoms with Crippen molar-refractivity contribution in [1.82, 2.24) is 20.0 Å². The molecule has 34 heavy (non-hydrogen) atoms. The van der Waals surface area contributed by atoms with Crippen molar-refractivity contribution >= 4 is 23.3 Å². The molecule has 2 amide bonds. The van der Waals surface area contributed by atoms with Crippen LogP contribution in [-0.4, -0.2) is 64.6 Å². The van der Waals surface area contributed by atoms with Crippen molar-refractivity contribution in [3.8, 4) is 11.4 Å². The minimum Gasteiger partial charge on any atom is -0.353 e. The maximum Gasteiger partial charge on any atom is 0.229 e. The fourth-order valence-electron chi connectivity index (χ4n) is 4.44. The first kappa shape index (κ1) is 22.1. The molecule has 2 saturated heterocycles. The Labute approximate surface area is 198 Å². The van der Waals surface area contributed by atoms with Crippen LogP contribution in [0.2, 0.25) is 0 Å². The van der Waals surface area contributed by atoms with E-state index < -0.39 is 0 Å². The summed E-state index contributed by atoms with van der Waals surface area (Å²) in [6.45, 7) is 7.07. The number of anilines is 2. The predicted octanol–water partition coefficient (Wildman–Crippen LogP) is 2.96. The lowest BCUT2D eigenvalue weighted by molar-refractivity contribution is -0.136. The van der Waals surface area contributed by atoms with E-state index in [1.54, 1.807) is 11.1 Å². The average Bonchev–Trinajstić information content (AvgIpc) is 3.52. The first-order chi connectivity index (χ1) is 16.5. The van der Waals surface area contributed by atoms with Crippen LogP contribution in [0.1, 0.15) is 32.1 Å². The number of benzene rings is 1. The standard InChI is InChI=1S/C25H28N6O3/c1-17(2)24-27-23(28-34-24)18-8-9-21(26-15-18)29-10-12-30(13-11-29)25(33)19-14-22(32)31(16-19)20-6-4-3-5-7-20/h3-9,15,17,19H,10-14,16H2,1-2H3. The van der Waals surface area contributed by atoms with Crippen LogP contribution in [-0.2, 0) is 9.59 Å². The molecule has 0 radical (unpaired) electrons. The van der Waals surface area contributed by atoms with E-state index in [9.17, 15) is 9.59 Å². The summed E-state index contributed by atoms with van der Waals surface area (Å²) in [6, 6.07) is 13.4. The molecule has 176 valence electrons. The number of nitrogens with zero attached hydrogens (tertiary/aromatic N) is 6. The average molecular weight is 461 g/mol. The summed E-state index contributed by atoms with van der Waals surface area (Å²) in [5.74, 6) is 1.96. The van der Waals surface area contributed by atoms with Gasteiger partial charge < -0.3 is 19.2 Å². The first-order valence-corrected chi connectivity index (χ1v) is 11.7. The number of hydrogen-bond acceptors (Lipinski definition) is 7.